The Morgan fingerprint density at radius 3 is 2.88 bits per heavy atom. The summed E-state index contributed by atoms with van der Waals surface area (Å²) in [7, 11) is 0. The Balaban J connectivity index is 1.84. The molecule has 1 saturated heterocycles. The third-order valence-electron chi connectivity index (χ3n) is 4.31. The minimum absolute atomic E-state index is 0.162. The van der Waals surface area contributed by atoms with Gasteiger partial charge in [0.05, 0.1) is 0 Å². The average Bonchev–Trinajstić information content (AvgIpc) is 2.92. The summed E-state index contributed by atoms with van der Waals surface area (Å²) >= 11 is 0. The monoisotopic (exact) mass is 234 g/mol. The maximum Gasteiger partial charge on any atom is 0.123 e. The first-order valence-electron chi connectivity index (χ1n) is 6.49. The Labute approximate surface area is 102 Å². The van der Waals surface area contributed by atoms with Gasteiger partial charge < -0.3 is 5.73 Å². The van der Waals surface area contributed by atoms with Crippen LogP contribution in [-0.2, 0) is 0 Å². The van der Waals surface area contributed by atoms with E-state index in [1.165, 1.54) is 25.3 Å². The van der Waals surface area contributed by atoms with E-state index in [1.807, 2.05) is 6.07 Å². The molecular weight excluding hydrogens is 215 g/mol. The van der Waals surface area contributed by atoms with Crippen LogP contribution in [0.2, 0.25) is 0 Å². The van der Waals surface area contributed by atoms with E-state index >= 15 is 0 Å². The first kappa shape index (κ1) is 11.2. The second-order valence-electron chi connectivity index (χ2n) is 5.34. The fourth-order valence-electron chi connectivity index (χ4n) is 3.52. The van der Waals surface area contributed by atoms with Crippen molar-refractivity contribution in [3.05, 3.63) is 35.6 Å². The van der Waals surface area contributed by atoms with Gasteiger partial charge in [-0.25, -0.2) is 4.39 Å². The minimum atomic E-state index is -0.162. The van der Waals surface area contributed by atoms with Crippen molar-refractivity contribution < 1.29 is 4.39 Å². The van der Waals surface area contributed by atoms with E-state index < -0.39 is 0 Å². The summed E-state index contributed by atoms with van der Waals surface area (Å²) in [6.45, 7) is 1.72. The Bertz CT molecular complexity index is 407. The van der Waals surface area contributed by atoms with E-state index in [9.17, 15) is 4.39 Å². The molecule has 0 aromatic heterocycles. The molecule has 1 heterocycles. The molecule has 0 amide bonds. The molecule has 1 aromatic rings. The van der Waals surface area contributed by atoms with Gasteiger partial charge in [0.15, 0.2) is 0 Å². The van der Waals surface area contributed by atoms with Crippen LogP contribution >= 0.6 is 0 Å². The van der Waals surface area contributed by atoms with E-state index in [2.05, 4.69) is 4.90 Å². The molecule has 2 nitrogen and oxygen atoms in total. The van der Waals surface area contributed by atoms with E-state index in [0.29, 0.717) is 12.6 Å². The normalized spacial score (nSPS) is 29.8. The Kier molecular flexibility index (Phi) is 2.89. The smallest absolute Gasteiger partial charge is 0.123 e. The van der Waals surface area contributed by atoms with E-state index in [0.717, 1.165) is 18.0 Å². The van der Waals surface area contributed by atoms with Crippen LogP contribution in [0.4, 0.5) is 4.39 Å². The lowest BCUT2D eigenvalue weighted by Gasteiger charge is -2.34. The summed E-state index contributed by atoms with van der Waals surface area (Å²) in [6, 6.07) is 7.77. The van der Waals surface area contributed by atoms with Gasteiger partial charge in [0.1, 0.15) is 5.82 Å². The molecule has 3 atom stereocenters. The summed E-state index contributed by atoms with van der Waals surface area (Å²) in [5.74, 6) is 0.688. The fraction of sp³-hybridized carbons (Fsp3) is 0.571. The minimum Gasteiger partial charge on any atom is -0.329 e. The summed E-state index contributed by atoms with van der Waals surface area (Å²) < 4.78 is 13.3. The zero-order valence-electron chi connectivity index (χ0n) is 9.98. The molecule has 3 unspecified atom stereocenters. The van der Waals surface area contributed by atoms with Gasteiger partial charge in [0.2, 0.25) is 0 Å². The average molecular weight is 234 g/mol. The number of likely N-dealkylation sites (tertiary alicyclic amines) is 1. The van der Waals surface area contributed by atoms with Crippen molar-refractivity contribution in [2.75, 3.05) is 13.1 Å². The third kappa shape index (κ3) is 1.98. The zero-order chi connectivity index (χ0) is 11.8. The first-order valence-corrected chi connectivity index (χ1v) is 6.49. The SMILES string of the molecule is NCC(c1cccc(F)c1)N1CC2CCC1C2. The van der Waals surface area contributed by atoms with Gasteiger partial charge in [0, 0.05) is 25.2 Å². The van der Waals surface area contributed by atoms with Crippen LogP contribution in [0.1, 0.15) is 30.9 Å². The number of hydrogen-bond acceptors (Lipinski definition) is 2. The molecule has 2 fully saturated rings. The predicted octanol–water partition coefficient (Wildman–Crippen LogP) is 2.31. The largest absolute Gasteiger partial charge is 0.329 e. The number of nitrogens with two attached hydrogens (primary N) is 1. The molecule has 1 saturated carbocycles. The second kappa shape index (κ2) is 4.39. The number of halogens is 1. The maximum absolute atomic E-state index is 13.3. The van der Waals surface area contributed by atoms with Gasteiger partial charge >= 0.3 is 0 Å². The standard InChI is InChI=1S/C14H19FN2/c15-12-3-1-2-11(7-12)14(8-16)17-9-10-4-5-13(17)6-10/h1-3,7,10,13-14H,4-6,8-9,16H2. The molecule has 17 heavy (non-hydrogen) atoms. The maximum atomic E-state index is 13.3. The highest BCUT2D eigenvalue weighted by molar-refractivity contribution is 5.21. The van der Waals surface area contributed by atoms with Crippen molar-refractivity contribution in [1.29, 1.82) is 0 Å². The second-order valence-corrected chi connectivity index (χ2v) is 5.34. The molecule has 2 bridgehead atoms. The molecule has 0 radical (unpaired) electrons. The van der Waals surface area contributed by atoms with E-state index in [4.69, 9.17) is 5.73 Å². The van der Waals surface area contributed by atoms with Crippen LogP contribution in [0, 0.1) is 11.7 Å². The van der Waals surface area contributed by atoms with Gasteiger partial charge in [-0.05, 0) is 42.9 Å². The van der Waals surface area contributed by atoms with Gasteiger partial charge in [-0.15, -0.1) is 0 Å². The van der Waals surface area contributed by atoms with Crippen LogP contribution in [0.15, 0.2) is 24.3 Å². The summed E-state index contributed by atoms with van der Waals surface area (Å²) in [5, 5.41) is 0. The van der Waals surface area contributed by atoms with Crippen molar-refractivity contribution in [3.8, 4) is 0 Å². The quantitative estimate of drug-likeness (QED) is 0.869. The lowest BCUT2D eigenvalue weighted by molar-refractivity contribution is 0.153. The molecule has 92 valence electrons. The number of rotatable bonds is 3. The van der Waals surface area contributed by atoms with Crippen molar-refractivity contribution in [2.45, 2.75) is 31.3 Å². The highest BCUT2D eigenvalue weighted by Crippen LogP contribution is 2.41. The van der Waals surface area contributed by atoms with E-state index in [-0.39, 0.29) is 11.9 Å². The third-order valence-corrected chi connectivity index (χ3v) is 4.31. The van der Waals surface area contributed by atoms with Crippen LogP contribution in [0.5, 0.6) is 0 Å². The number of hydrogen-bond donors (Lipinski definition) is 1. The lowest BCUT2D eigenvalue weighted by Crippen LogP contribution is -2.39. The highest BCUT2D eigenvalue weighted by atomic mass is 19.1. The highest BCUT2D eigenvalue weighted by Gasteiger charge is 2.40. The van der Waals surface area contributed by atoms with Crippen LogP contribution < -0.4 is 5.73 Å². The number of benzene rings is 1. The molecule has 1 aromatic carbocycles. The van der Waals surface area contributed by atoms with E-state index in [1.54, 1.807) is 12.1 Å². The zero-order valence-corrected chi connectivity index (χ0v) is 9.98. The molecule has 0 spiro atoms. The lowest BCUT2D eigenvalue weighted by atomic mass is 10.0. The van der Waals surface area contributed by atoms with Crippen molar-refractivity contribution in [2.24, 2.45) is 11.7 Å². The Hall–Kier alpha value is -0.930. The van der Waals surface area contributed by atoms with Crippen molar-refractivity contribution >= 4 is 0 Å². The fourth-order valence-corrected chi connectivity index (χ4v) is 3.52. The Morgan fingerprint density at radius 2 is 2.29 bits per heavy atom. The van der Waals surface area contributed by atoms with Gasteiger partial charge in [-0.2, -0.15) is 0 Å². The van der Waals surface area contributed by atoms with Gasteiger partial charge in [-0.3, -0.25) is 4.90 Å². The molecule has 3 rings (SSSR count). The topological polar surface area (TPSA) is 29.3 Å². The summed E-state index contributed by atoms with van der Waals surface area (Å²) in [6.07, 6.45) is 3.96. The van der Waals surface area contributed by atoms with Crippen LogP contribution in [0.25, 0.3) is 0 Å². The van der Waals surface area contributed by atoms with Crippen molar-refractivity contribution in [1.82, 2.24) is 4.90 Å². The number of fused-ring (bicyclic) bond motifs is 2. The molecule has 2 N–H and O–H groups in total. The molecule has 1 aliphatic heterocycles. The molecule has 1 aliphatic carbocycles. The van der Waals surface area contributed by atoms with Gasteiger partial charge in [0.25, 0.3) is 0 Å². The summed E-state index contributed by atoms with van der Waals surface area (Å²) in [4.78, 5) is 2.49. The first-order chi connectivity index (χ1) is 8.28. The van der Waals surface area contributed by atoms with Crippen molar-refractivity contribution in [3.63, 3.8) is 0 Å². The molecule has 3 heteroatoms. The Morgan fingerprint density at radius 1 is 1.41 bits per heavy atom. The number of piperidine rings is 1. The predicted molar refractivity (Wildman–Crippen MR) is 66.0 cm³/mol. The van der Waals surface area contributed by atoms with Gasteiger partial charge in [-0.1, -0.05) is 12.1 Å². The van der Waals surface area contributed by atoms with Crippen LogP contribution in [-0.4, -0.2) is 24.0 Å². The molecular formula is C14H19FN2. The number of nitrogens with zero attached hydrogens (tertiary/aromatic N) is 1. The summed E-state index contributed by atoms with van der Waals surface area (Å²) in [5.41, 5.74) is 6.93. The van der Waals surface area contributed by atoms with Crippen LogP contribution in [0.3, 0.4) is 0 Å². The molecule has 2 aliphatic rings.